The number of ether oxygens (including phenoxy) is 2. The Morgan fingerprint density at radius 1 is 1.29 bits per heavy atom. The third kappa shape index (κ3) is 5.43. The second-order valence-electron chi connectivity index (χ2n) is 7.95. The summed E-state index contributed by atoms with van der Waals surface area (Å²) < 4.78 is 15.7. The lowest BCUT2D eigenvalue weighted by molar-refractivity contribution is -0.155. The fourth-order valence-electron chi connectivity index (χ4n) is 2.99. The van der Waals surface area contributed by atoms with Crippen LogP contribution in [0.3, 0.4) is 0 Å². The molecule has 1 N–H and O–H groups in total. The summed E-state index contributed by atoms with van der Waals surface area (Å²) in [5.74, 6) is -0.732. The van der Waals surface area contributed by atoms with Crippen LogP contribution in [0.2, 0.25) is 0 Å². The predicted octanol–water partition coefficient (Wildman–Crippen LogP) is 3.03. The molecule has 0 aliphatic rings. The maximum Gasteiger partial charge on any atom is 0.339 e. The van der Waals surface area contributed by atoms with Crippen molar-refractivity contribution < 1.29 is 23.5 Å². The summed E-state index contributed by atoms with van der Waals surface area (Å²) in [5.41, 5.74) is -0.0951. The summed E-state index contributed by atoms with van der Waals surface area (Å²) in [6, 6.07) is 7.26. The maximum atomic E-state index is 12.4. The van der Waals surface area contributed by atoms with Crippen LogP contribution in [-0.2, 0) is 20.7 Å². The average Bonchev–Trinajstić information content (AvgIpc) is 2.72. The summed E-state index contributed by atoms with van der Waals surface area (Å²) in [6.45, 7) is 8.47. The van der Waals surface area contributed by atoms with Gasteiger partial charge in [-0.25, -0.2) is 4.79 Å². The van der Waals surface area contributed by atoms with E-state index in [4.69, 9.17) is 13.9 Å². The molecule has 0 fully saturated rings. The zero-order valence-corrected chi connectivity index (χ0v) is 18.7. The highest BCUT2D eigenvalue weighted by Crippen LogP contribution is 2.24. The molecule has 0 bridgehead atoms. The van der Waals surface area contributed by atoms with Crippen molar-refractivity contribution in [3.05, 3.63) is 39.7 Å². The fourth-order valence-corrected chi connectivity index (χ4v) is 2.99. The number of carbonyl (C=O) groups excluding carboxylic acids is 2. The quantitative estimate of drug-likeness (QED) is 0.507. The van der Waals surface area contributed by atoms with Crippen molar-refractivity contribution in [3.8, 4) is 11.8 Å². The first-order chi connectivity index (χ1) is 14.5. The highest BCUT2D eigenvalue weighted by Gasteiger charge is 2.32. The predicted molar refractivity (Wildman–Crippen MR) is 115 cm³/mol. The highest BCUT2D eigenvalue weighted by atomic mass is 16.5. The van der Waals surface area contributed by atoms with E-state index in [9.17, 15) is 19.6 Å². The Morgan fingerprint density at radius 3 is 2.55 bits per heavy atom. The van der Waals surface area contributed by atoms with Gasteiger partial charge in [-0.1, -0.05) is 13.8 Å². The molecule has 2 atom stereocenters. The molecule has 0 radical (unpaired) electrons. The van der Waals surface area contributed by atoms with E-state index in [1.54, 1.807) is 32.0 Å². The summed E-state index contributed by atoms with van der Waals surface area (Å²) in [4.78, 5) is 37.0. The van der Waals surface area contributed by atoms with Crippen LogP contribution in [-0.4, -0.2) is 30.6 Å². The minimum Gasteiger partial charge on any atom is -0.497 e. The molecule has 0 aliphatic carbocycles. The average molecular weight is 428 g/mol. The van der Waals surface area contributed by atoms with E-state index in [0.29, 0.717) is 22.5 Å². The van der Waals surface area contributed by atoms with Gasteiger partial charge in [-0.05, 0) is 50.8 Å². The molecule has 1 aromatic carbocycles. The molecule has 8 heteroatoms. The van der Waals surface area contributed by atoms with Crippen LogP contribution in [0.4, 0.5) is 0 Å². The number of nitrogens with zero attached hydrogens (tertiary/aromatic N) is 1. The molecule has 0 aliphatic heterocycles. The number of carbonyl (C=O) groups is 2. The van der Waals surface area contributed by atoms with Gasteiger partial charge in [0.15, 0.2) is 6.10 Å². The number of fused-ring (bicyclic) bond motifs is 1. The smallest absolute Gasteiger partial charge is 0.339 e. The van der Waals surface area contributed by atoms with Crippen molar-refractivity contribution >= 4 is 22.8 Å². The molecule has 2 aromatic rings. The third-order valence-electron chi connectivity index (χ3n) is 5.52. The minimum atomic E-state index is -1.07. The van der Waals surface area contributed by atoms with Crippen molar-refractivity contribution in [1.29, 1.82) is 5.26 Å². The van der Waals surface area contributed by atoms with E-state index < -0.39 is 29.1 Å². The lowest BCUT2D eigenvalue weighted by atomic mass is 9.90. The Kier molecular flexibility index (Phi) is 7.45. The summed E-state index contributed by atoms with van der Waals surface area (Å²) >= 11 is 0. The van der Waals surface area contributed by atoms with Gasteiger partial charge in [-0.15, -0.1) is 0 Å². The molecular formula is C23H28N2O6. The van der Waals surface area contributed by atoms with Gasteiger partial charge in [0, 0.05) is 23.4 Å². The maximum absolute atomic E-state index is 12.4. The van der Waals surface area contributed by atoms with Crippen molar-refractivity contribution in [3.63, 3.8) is 0 Å². The Bertz CT molecular complexity index is 1080. The van der Waals surface area contributed by atoms with E-state index in [0.717, 1.165) is 5.39 Å². The molecule has 2 rings (SSSR count). The fraction of sp³-hybridized carbons (Fsp3) is 0.478. The van der Waals surface area contributed by atoms with Crippen LogP contribution in [0, 0.1) is 24.2 Å². The number of methoxy groups -OCH3 is 1. The molecule has 8 nitrogen and oxygen atoms in total. The monoisotopic (exact) mass is 428 g/mol. The van der Waals surface area contributed by atoms with Crippen molar-refractivity contribution in [2.75, 3.05) is 7.11 Å². The lowest BCUT2D eigenvalue weighted by Crippen LogP contribution is -2.52. The number of nitrogens with one attached hydrogen (secondary N) is 1. The Morgan fingerprint density at radius 2 is 1.97 bits per heavy atom. The molecule has 1 aromatic heterocycles. The molecule has 0 spiro atoms. The summed E-state index contributed by atoms with van der Waals surface area (Å²) in [7, 11) is 1.52. The number of esters is 1. The van der Waals surface area contributed by atoms with Crippen LogP contribution >= 0.6 is 0 Å². The minimum absolute atomic E-state index is 0.0927. The standard InChI is InChI=1S/C23H28N2O6/c1-13(2)23(5,12-24)25-21(27)15(4)30-20(26)10-9-18-14(3)17-8-7-16(29-6)11-19(17)31-22(18)28/h7-8,11,13,15H,9-10H2,1-6H3,(H,25,27). The van der Waals surface area contributed by atoms with Gasteiger partial charge in [0.1, 0.15) is 16.9 Å². The second kappa shape index (κ2) is 9.65. The van der Waals surface area contributed by atoms with Crippen molar-refractivity contribution in [2.24, 2.45) is 5.92 Å². The first kappa shape index (κ1) is 23.9. The molecule has 31 heavy (non-hydrogen) atoms. The molecule has 2 unspecified atom stereocenters. The zero-order chi connectivity index (χ0) is 23.3. The molecule has 0 saturated carbocycles. The SMILES string of the molecule is COc1ccc2c(C)c(CCC(=O)OC(C)C(=O)NC(C)(C#N)C(C)C)c(=O)oc2c1. The first-order valence-corrected chi connectivity index (χ1v) is 10.1. The highest BCUT2D eigenvalue weighted by molar-refractivity contribution is 5.85. The Balaban J connectivity index is 2.06. The molecule has 1 amide bonds. The largest absolute Gasteiger partial charge is 0.497 e. The van der Waals surface area contributed by atoms with E-state index in [1.165, 1.54) is 14.0 Å². The van der Waals surface area contributed by atoms with Crippen LogP contribution in [0.25, 0.3) is 11.0 Å². The van der Waals surface area contributed by atoms with Gasteiger partial charge in [0.05, 0.1) is 13.2 Å². The van der Waals surface area contributed by atoms with Gasteiger partial charge in [-0.2, -0.15) is 5.26 Å². The van der Waals surface area contributed by atoms with Gasteiger partial charge in [0.25, 0.3) is 5.91 Å². The van der Waals surface area contributed by atoms with E-state index >= 15 is 0 Å². The van der Waals surface area contributed by atoms with Gasteiger partial charge in [-0.3, -0.25) is 9.59 Å². The normalized spacial score (nSPS) is 13.9. The summed E-state index contributed by atoms with van der Waals surface area (Å²) in [5, 5.41) is 12.7. The van der Waals surface area contributed by atoms with Crippen LogP contribution in [0.15, 0.2) is 27.4 Å². The number of aryl methyl sites for hydroxylation is 1. The van der Waals surface area contributed by atoms with E-state index in [1.807, 2.05) is 13.8 Å². The topological polar surface area (TPSA) is 119 Å². The molecule has 1 heterocycles. The molecule has 166 valence electrons. The van der Waals surface area contributed by atoms with Gasteiger partial charge >= 0.3 is 11.6 Å². The number of rotatable bonds is 8. The van der Waals surface area contributed by atoms with Crippen molar-refractivity contribution in [1.82, 2.24) is 5.32 Å². The van der Waals surface area contributed by atoms with Crippen LogP contribution in [0.1, 0.15) is 45.2 Å². The first-order valence-electron chi connectivity index (χ1n) is 10.1. The zero-order valence-electron chi connectivity index (χ0n) is 18.7. The van der Waals surface area contributed by atoms with Crippen molar-refractivity contribution in [2.45, 2.75) is 59.1 Å². The molecule has 0 saturated heterocycles. The second-order valence-corrected chi connectivity index (χ2v) is 7.95. The van der Waals surface area contributed by atoms with E-state index in [2.05, 4.69) is 11.4 Å². The number of nitriles is 1. The van der Waals surface area contributed by atoms with Gasteiger partial charge < -0.3 is 19.2 Å². The number of amides is 1. The number of hydrogen-bond acceptors (Lipinski definition) is 7. The third-order valence-corrected chi connectivity index (χ3v) is 5.52. The van der Waals surface area contributed by atoms with Crippen LogP contribution in [0.5, 0.6) is 5.75 Å². The van der Waals surface area contributed by atoms with Crippen LogP contribution < -0.4 is 15.7 Å². The summed E-state index contributed by atoms with van der Waals surface area (Å²) in [6.07, 6.45) is -1.05. The number of hydrogen-bond donors (Lipinski definition) is 1. The Labute approximate surface area is 181 Å². The number of benzene rings is 1. The Hall–Kier alpha value is -3.34. The van der Waals surface area contributed by atoms with Gasteiger partial charge in [0.2, 0.25) is 0 Å². The molecular weight excluding hydrogens is 400 g/mol. The van der Waals surface area contributed by atoms with E-state index in [-0.39, 0.29) is 18.8 Å². The lowest BCUT2D eigenvalue weighted by Gasteiger charge is -2.28.